The molecule has 2 N–H and O–H groups in total. The summed E-state index contributed by atoms with van der Waals surface area (Å²) in [6.07, 6.45) is 6.52. The summed E-state index contributed by atoms with van der Waals surface area (Å²) in [6, 6.07) is 2.22. The van der Waals surface area contributed by atoms with Gasteiger partial charge in [-0.3, -0.25) is 0 Å². The van der Waals surface area contributed by atoms with Crippen molar-refractivity contribution in [3.05, 3.63) is 0 Å². The topological polar surface area (TPSA) is 59.0 Å². The van der Waals surface area contributed by atoms with Gasteiger partial charge in [-0.1, -0.05) is 34.1 Å². The Bertz CT molecular complexity index is 323. The largest absolute Gasteiger partial charge is 0.378 e. The zero-order valence-corrected chi connectivity index (χ0v) is 13.7. The Balaban J connectivity index is 2.37. The molecule has 4 unspecified atom stereocenters. The van der Waals surface area contributed by atoms with Crippen molar-refractivity contribution in [2.24, 2.45) is 23.5 Å². The molecule has 0 radical (unpaired) electrons. The highest BCUT2D eigenvalue weighted by Gasteiger charge is 2.31. The normalized spacial score (nSPS) is 29.9. The van der Waals surface area contributed by atoms with Gasteiger partial charge in [-0.15, -0.1) is 0 Å². The molecule has 1 saturated carbocycles. The number of rotatable bonds is 7. The fourth-order valence-electron chi connectivity index (χ4n) is 3.24. The van der Waals surface area contributed by atoms with Crippen molar-refractivity contribution in [1.29, 1.82) is 5.26 Å². The SMILES string of the molecule is CCC(N)(C#N)CCCOC1CC(C)CCC1C(C)C. The fraction of sp³-hybridized carbons (Fsp3) is 0.941. The van der Waals surface area contributed by atoms with E-state index >= 15 is 0 Å². The smallest absolute Gasteiger partial charge is 0.104 e. The van der Waals surface area contributed by atoms with Crippen LogP contribution in [0.2, 0.25) is 0 Å². The molecule has 0 heterocycles. The van der Waals surface area contributed by atoms with Crippen molar-refractivity contribution in [1.82, 2.24) is 0 Å². The van der Waals surface area contributed by atoms with Crippen molar-refractivity contribution in [3.8, 4) is 6.07 Å². The van der Waals surface area contributed by atoms with E-state index in [4.69, 9.17) is 15.7 Å². The maximum atomic E-state index is 9.07. The molecule has 0 saturated heterocycles. The zero-order chi connectivity index (χ0) is 15.2. The summed E-state index contributed by atoms with van der Waals surface area (Å²) in [5.41, 5.74) is 5.33. The maximum absolute atomic E-state index is 9.07. The molecule has 3 nitrogen and oxygen atoms in total. The number of nitriles is 1. The van der Waals surface area contributed by atoms with Gasteiger partial charge in [0.15, 0.2) is 0 Å². The van der Waals surface area contributed by atoms with Crippen LogP contribution in [0.25, 0.3) is 0 Å². The van der Waals surface area contributed by atoms with E-state index in [0.717, 1.165) is 25.4 Å². The summed E-state index contributed by atoms with van der Waals surface area (Å²) in [4.78, 5) is 0. The van der Waals surface area contributed by atoms with Crippen LogP contribution in [0.5, 0.6) is 0 Å². The first-order valence-corrected chi connectivity index (χ1v) is 8.23. The molecule has 0 aliphatic heterocycles. The molecular formula is C17H32N2O. The number of ether oxygens (including phenoxy) is 1. The minimum atomic E-state index is -0.666. The summed E-state index contributed by atoms with van der Waals surface area (Å²) >= 11 is 0. The Kier molecular flexibility index (Phi) is 6.99. The Labute approximate surface area is 124 Å². The molecule has 0 amide bonds. The first-order chi connectivity index (χ1) is 9.41. The Morgan fingerprint density at radius 2 is 2.10 bits per heavy atom. The summed E-state index contributed by atoms with van der Waals surface area (Å²) < 4.78 is 6.15. The van der Waals surface area contributed by atoms with Gasteiger partial charge in [0.1, 0.15) is 5.54 Å². The van der Waals surface area contributed by atoms with Crippen LogP contribution in [0.15, 0.2) is 0 Å². The molecule has 0 aromatic carbocycles. The van der Waals surface area contributed by atoms with Crippen LogP contribution in [-0.4, -0.2) is 18.2 Å². The number of nitrogens with zero attached hydrogens (tertiary/aromatic N) is 1. The molecule has 20 heavy (non-hydrogen) atoms. The van der Waals surface area contributed by atoms with E-state index in [1.807, 2.05) is 6.92 Å². The Morgan fingerprint density at radius 1 is 1.40 bits per heavy atom. The predicted molar refractivity (Wildman–Crippen MR) is 83.1 cm³/mol. The molecule has 0 bridgehead atoms. The van der Waals surface area contributed by atoms with Crippen molar-refractivity contribution >= 4 is 0 Å². The number of nitrogens with two attached hydrogens (primary N) is 1. The molecule has 1 rings (SSSR count). The van der Waals surface area contributed by atoms with Gasteiger partial charge < -0.3 is 10.5 Å². The molecule has 4 atom stereocenters. The standard InChI is InChI=1S/C17H32N2O/c1-5-17(19,12-18)9-6-10-20-16-11-14(4)7-8-15(16)13(2)3/h13-16H,5-11,19H2,1-4H3. The lowest BCUT2D eigenvalue weighted by molar-refractivity contribution is -0.0400. The lowest BCUT2D eigenvalue weighted by Gasteiger charge is -2.37. The van der Waals surface area contributed by atoms with Gasteiger partial charge in [0.05, 0.1) is 12.2 Å². The molecule has 0 aromatic rings. The van der Waals surface area contributed by atoms with Gasteiger partial charge >= 0.3 is 0 Å². The van der Waals surface area contributed by atoms with E-state index < -0.39 is 5.54 Å². The highest BCUT2D eigenvalue weighted by Crippen LogP contribution is 2.35. The van der Waals surface area contributed by atoms with Crippen molar-refractivity contribution in [3.63, 3.8) is 0 Å². The van der Waals surface area contributed by atoms with E-state index in [1.165, 1.54) is 19.3 Å². The van der Waals surface area contributed by atoms with Crippen molar-refractivity contribution in [2.45, 2.75) is 77.9 Å². The third kappa shape index (κ3) is 5.07. The minimum Gasteiger partial charge on any atom is -0.378 e. The second kappa shape index (κ2) is 8.00. The number of hydrogen-bond donors (Lipinski definition) is 1. The second-order valence-corrected chi connectivity index (χ2v) is 6.96. The van der Waals surface area contributed by atoms with Crippen LogP contribution in [0, 0.1) is 29.1 Å². The van der Waals surface area contributed by atoms with E-state index in [9.17, 15) is 0 Å². The molecule has 0 spiro atoms. The van der Waals surface area contributed by atoms with Gasteiger partial charge in [-0.05, 0) is 49.9 Å². The molecule has 1 fully saturated rings. The van der Waals surface area contributed by atoms with E-state index in [-0.39, 0.29) is 0 Å². The quantitative estimate of drug-likeness (QED) is 0.720. The lowest BCUT2D eigenvalue weighted by Crippen LogP contribution is -2.38. The fourth-order valence-corrected chi connectivity index (χ4v) is 3.24. The maximum Gasteiger partial charge on any atom is 0.104 e. The second-order valence-electron chi connectivity index (χ2n) is 6.96. The van der Waals surface area contributed by atoms with Crippen LogP contribution in [0.1, 0.15) is 66.2 Å². The summed E-state index contributed by atoms with van der Waals surface area (Å²) in [5, 5.41) is 9.07. The Morgan fingerprint density at radius 3 is 2.65 bits per heavy atom. The number of hydrogen-bond acceptors (Lipinski definition) is 3. The Hall–Kier alpha value is -0.590. The summed E-state index contributed by atoms with van der Waals surface area (Å²) in [7, 11) is 0. The average molecular weight is 280 g/mol. The van der Waals surface area contributed by atoms with Crippen LogP contribution in [0.4, 0.5) is 0 Å². The molecule has 116 valence electrons. The monoisotopic (exact) mass is 280 g/mol. The van der Waals surface area contributed by atoms with E-state index in [2.05, 4.69) is 26.8 Å². The van der Waals surface area contributed by atoms with Crippen molar-refractivity contribution in [2.75, 3.05) is 6.61 Å². The summed E-state index contributed by atoms with van der Waals surface area (Å²) in [6.45, 7) is 9.64. The highest BCUT2D eigenvalue weighted by molar-refractivity contribution is 5.03. The van der Waals surface area contributed by atoms with E-state index in [1.54, 1.807) is 0 Å². The van der Waals surface area contributed by atoms with Crippen LogP contribution >= 0.6 is 0 Å². The van der Waals surface area contributed by atoms with Gasteiger partial charge in [-0.25, -0.2) is 0 Å². The lowest BCUT2D eigenvalue weighted by atomic mass is 9.75. The average Bonchev–Trinajstić information content (AvgIpc) is 2.43. The zero-order valence-electron chi connectivity index (χ0n) is 13.7. The minimum absolute atomic E-state index is 0.398. The van der Waals surface area contributed by atoms with Crippen LogP contribution in [0.3, 0.4) is 0 Å². The molecule has 0 aromatic heterocycles. The van der Waals surface area contributed by atoms with Crippen molar-refractivity contribution < 1.29 is 4.74 Å². The van der Waals surface area contributed by atoms with Gasteiger partial charge in [0.2, 0.25) is 0 Å². The first-order valence-electron chi connectivity index (χ1n) is 8.23. The van der Waals surface area contributed by atoms with Crippen LogP contribution < -0.4 is 5.73 Å². The van der Waals surface area contributed by atoms with Gasteiger partial charge in [0.25, 0.3) is 0 Å². The van der Waals surface area contributed by atoms with Gasteiger partial charge in [-0.2, -0.15) is 5.26 Å². The third-order valence-corrected chi connectivity index (χ3v) is 4.91. The summed E-state index contributed by atoms with van der Waals surface area (Å²) in [5.74, 6) is 2.16. The third-order valence-electron chi connectivity index (χ3n) is 4.91. The van der Waals surface area contributed by atoms with Crippen LogP contribution in [-0.2, 0) is 4.74 Å². The van der Waals surface area contributed by atoms with Gasteiger partial charge in [0, 0.05) is 6.61 Å². The first kappa shape index (κ1) is 17.5. The highest BCUT2D eigenvalue weighted by atomic mass is 16.5. The molecule has 1 aliphatic rings. The molecular weight excluding hydrogens is 248 g/mol. The molecule has 3 heteroatoms. The molecule has 1 aliphatic carbocycles. The predicted octanol–water partition coefficient (Wildman–Crippen LogP) is 3.88. The van der Waals surface area contributed by atoms with E-state index in [0.29, 0.717) is 24.4 Å².